The Morgan fingerprint density at radius 3 is 2.64 bits per heavy atom. The molecule has 0 spiro atoms. The Morgan fingerprint density at radius 2 is 2.00 bits per heavy atom. The fourth-order valence-electron chi connectivity index (χ4n) is 2.75. The van der Waals surface area contributed by atoms with Crippen molar-refractivity contribution in [2.45, 2.75) is 31.7 Å². The molecule has 1 saturated carbocycles. The lowest BCUT2D eigenvalue weighted by atomic mass is 10.0. The number of hydrogen-bond acceptors (Lipinski definition) is 4. The largest absolute Gasteiger partial charge is 0.349 e. The van der Waals surface area contributed by atoms with E-state index < -0.39 is 0 Å². The second-order valence-electron chi connectivity index (χ2n) is 6.21. The van der Waals surface area contributed by atoms with Gasteiger partial charge in [0.2, 0.25) is 5.91 Å². The molecule has 5 nitrogen and oxygen atoms in total. The predicted octanol–water partition coefficient (Wildman–Crippen LogP) is 1.47. The number of nitrogens with one attached hydrogen (secondary N) is 2. The molecule has 2 heterocycles. The van der Waals surface area contributed by atoms with Gasteiger partial charge >= 0.3 is 0 Å². The lowest BCUT2D eigenvalue weighted by molar-refractivity contribution is -0.131. The topological polar surface area (TPSA) is 61.4 Å². The van der Waals surface area contributed by atoms with Gasteiger partial charge in [-0.3, -0.25) is 9.59 Å². The second-order valence-corrected chi connectivity index (χ2v) is 6.99. The number of hydrogen-bond donors (Lipinski definition) is 2. The highest BCUT2D eigenvalue weighted by atomic mass is 32.1. The van der Waals surface area contributed by atoms with Crippen LogP contribution in [0.15, 0.2) is 16.8 Å². The van der Waals surface area contributed by atoms with Gasteiger partial charge in [-0.2, -0.15) is 11.3 Å². The molecule has 0 aromatic carbocycles. The van der Waals surface area contributed by atoms with E-state index in [0.717, 1.165) is 44.0 Å². The smallest absolute Gasteiger partial charge is 0.252 e. The minimum Gasteiger partial charge on any atom is -0.349 e. The van der Waals surface area contributed by atoms with Gasteiger partial charge in [0.05, 0.1) is 6.54 Å². The highest BCUT2D eigenvalue weighted by Crippen LogP contribution is 2.27. The molecule has 0 radical (unpaired) electrons. The molecule has 3 rings (SSSR count). The third-order valence-electron chi connectivity index (χ3n) is 4.37. The van der Waals surface area contributed by atoms with Gasteiger partial charge in [0.15, 0.2) is 0 Å². The number of nitrogens with zero attached hydrogens (tertiary/aromatic N) is 1. The summed E-state index contributed by atoms with van der Waals surface area (Å²) in [4.78, 5) is 26.0. The van der Waals surface area contributed by atoms with E-state index in [9.17, 15) is 9.59 Å². The highest BCUT2D eigenvalue weighted by molar-refractivity contribution is 7.08. The van der Waals surface area contributed by atoms with Crippen molar-refractivity contribution >= 4 is 23.2 Å². The maximum absolute atomic E-state index is 12.1. The van der Waals surface area contributed by atoms with Gasteiger partial charge in [0, 0.05) is 30.1 Å². The second kappa shape index (κ2) is 7.24. The summed E-state index contributed by atoms with van der Waals surface area (Å²) in [5.74, 6) is 0.978. The molecular formula is C16H23N3O2S. The summed E-state index contributed by atoms with van der Waals surface area (Å²) >= 11 is 1.53. The molecule has 0 atom stereocenters. The first-order valence-corrected chi connectivity index (χ1v) is 8.98. The van der Waals surface area contributed by atoms with Crippen LogP contribution in [-0.2, 0) is 4.79 Å². The minimum atomic E-state index is -0.00266. The Hall–Kier alpha value is -1.40. The van der Waals surface area contributed by atoms with Crippen molar-refractivity contribution in [2.24, 2.45) is 5.92 Å². The van der Waals surface area contributed by atoms with Gasteiger partial charge in [-0.15, -0.1) is 0 Å². The lowest BCUT2D eigenvalue weighted by Gasteiger charge is -2.32. The third-order valence-corrected chi connectivity index (χ3v) is 5.06. The molecule has 120 valence electrons. The zero-order valence-corrected chi connectivity index (χ0v) is 13.5. The summed E-state index contributed by atoms with van der Waals surface area (Å²) in [6, 6.07) is 2.01. The van der Waals surface area contributed by atoms with Crippen LogP contribution in [0.4, 0.5) is 0 Å². The van der Waals surface area contributed by atoms with Gasteiger partial charge in [-0.05, 0) is 49.6 Å². The Morgan fingerprint density at radius 1 is 1.23 bits per heavy atom. The molecule has 0 bridgehead atoms. The Labute approximate surface area is 135 Å². The summed E-state index contributed by atoms with van der Waals surface area (Å²) in [6.07, 6.45) is 4.28. The van der Waals surface area contributed by atoms with E-state index in [4.69, 9.17) is 0 Å². The van der Waals surface area contributed by atoms with Gasteiger partial charge in [-0.25, -0.2) is 0 Å². The van der Waals surface area contributed by atoms with Crippen molar-refractivity contribution in [2.75, 3.05) is 26.2 Å². The number of rotatable bonds is 6. The van der Waals surface area contributed by atoms with Crippen LogP contribution in [0.3, 0.4) is 0 Å². The first-order valence-electron chi connectivity index (χ1n) is 8.04. The van der Waals surface area contributed by atoms with Gasteiger partial charge in [0.1, 0.15) is 0 Å². The number of likely N-dealkylation sites (tertiary alicyclic amines) is 1. The fourth-order valence-corrected chi connectivity index (χ4v) is 3.39. The van der Waals surface area contributed by atoms with Crippen LogP contribution in [0.25, 0.3) is 0 Å². The first-order chi connectivity index (χ1) is 10.7. The van der Waals surface area contributed by atoms with Crippen LogP contribution >= 0.6 is 11.3 Å². The van der Waals surface area contributed by atoms with Crippen molar-refractivity contribution in [1.29, 1.82) is 0 Å². The van der Waals surface area contributed by atoms with Gasteiger partial charge in [0.25, 0.3) is 5.91 Å². The van der Waals surface area contributed by atoms with Crippen LogP contribution < -0.4 is 10.6 Å². The molecule has 1 aliphatic carbocycles. The van der Waals surface area contributed by atoms with Crippen LogP contribution in [0, 0.1) is 5.92 Å². The maximum atomic E-state index is 12.1. The molecular weight excluding hydrogens is 298 g/mol. The van der Waals surface area contributed by atoms with Crippen molar-refractivity contribution in [1.82, 2.24) is 15.5 Å². The number of amides is 2. The Kier molecular flexibility index (Phi) is 5.10. The van der Waals surface area contributed by atoms with E-state index in [0.29, 0.717) is 6.54 Å². The zero-order chi connectivity index (χ0) is 15.4. The molecule has 2 fully saturated rings. The van der Waals surface area contributed by atoms with Gasteiger partial charge in [-0.1, -0.05) is 0 Å². The number of carbonyl (C=O) groups excluding carboxylic acids is 2. The lowest BCUT2D eigenvalue weighted by Crippen LogP contribution is -2.48. The molecule has 0 unspecified atom stereocenters. The van der Waals surface area contributed by atoms with Crippen molar-refractivity contribution in [3.8, 4) is 0 Å². The summed E-state index contributed by atoms with van der Waals surface area (Å²) < 4.78 is 0. The van der Waals surface area contributed by atoms with Crippen LogP contribution in [0.1, 0.15) is 36.0 Å². The summed E-state index contributed by atoms with van der Waals surface area (Å²) in [5.41, 5.74) is 0.729. The standard InChI is InChI=1S/C16H23N3O2S/c20-15(10-17-9-12-1-2-12)19-6-3-14(4-7-19)18-16(21)13-5-8-22-11-13/h5,8,11-12,14,17H,1-4,6-7,9-10H2,(H,18,21). The number of thiophene rings is 1. The number of piperidine rings is 1. The van der Waals surface area contributed by atoms with Crippen molar-refractivity contribution in [3.63, 3.8) is 0 Å². The third kappa shape index (κ3) is 4.30. The average molecular weight is 321 g/mol. The molecule has 2 amide bonds. The zero-order valence-electron chi connectivity index (χ0n) is 12.7. The van der Waals surface area contributed by atoms with Crippen LogP contribution in [0.5, 0.6) is 0 Å². The molecule has 1 saturated heterocycles. The van der Waals surface area contributed by atoms with Crippen molar-refractivity contribution < 1.29 is 9.59 Å². The van der Waals surface area contributed by atoms with E-state index in [-0.39, 0.29) is 17.9 Å². The minimum absolute atomic E-state index is 0.00266. The van der Waals surface area contributed by atoms with E-state index >= 15 is 0 Å². The van der Waals surface area contributed by atoms with Crippen LogP contribution in [0.2, 0.25) is 0 Å². The Balaban J connectivity index is 1.36. The maximum Gasteiger partial charge on any atom is 0.252 e. The van der Waals surface area contributed by atoms with Crippen LogP contribution in [-0.4, -0.2) is 48.9 Å². The molecule has 1 aromatic heterocycles. The molecule has 6 heteroatoms. The fraction of sp³-hybridized carbons (Fsp3) is 0.625. The van der Waals surface area contributed by atoms with E-state index in [1.807, 2.05) is 21.7 Å². The summed E-state index contributed by atoms with van der Waals surface area (Å²) in [6.45, 7) is 2.89. The Bertz CT molecular complexity index is 505. The average Bonchev–Trinajstić information content (AvgIpc) is 3.18. The molecule has 1 aromatic rings. The normalized spacial score (nSPS) is 19.2. The summed E-state index contributed by atoms with van der Waals surface area (Å²) in [7, 11) is 0. The number of carbonyl (C=O) groups is 2. The first kappa shape index (κ1) is 15.5. The molecule has 1 aliphatic heterocycles. The SMILES string of the molecule is O=C(NC1CCN(C(=O)CNCC2CC2)CC1)c1ccsc1. The monoisotopic (exact) mass is 321 g/mol. The highest BCUT2D eigenvalue weighted by Gasteiger charge is 2.25. The van der Waals surface area contributed by atoms with E-state index in [1.54, 1.807) is 0 Å². The van der Waals surface area contributed by atoms with Crippen molar-refractivity contribution in [3.05, 3.63) is 22.4 Å². The predicted molar refractivity (Wildman–Crippen MR) is 87.0 cm³/mol. The summed E-state index contributed by atoms with van der Waals surface area (Å²) in [5, 5.41) is 10.1. The van der Waals surface area contributed by atoms with Gasteiger partial charge < -0.3 is 15.5 Å². The molecule has 2 N–H and O–H groups in total. The van der Waals surface area contributed by atoms with E-state index in [2.05, 4.69) is 10.6 Å². The van der Waals surface area contributed by atoms with E-state index in [1.165, 1.54) is 24.2 Å². The quantitative estimate of drug-likeness (QED) is 0.834. The molecule has 2 aliphatic rings. The molecule has 22 heavy (non-hydrogen) atoms.